The minimum absolute atomic E-state index is 1.18. The van der Waals surface area contributed by atoms with Crippen molar-refractivity contribution in [2.75, 3.05) is 11.9 Å². The topological polar surface area (TPSA) is 8.17 Å². The fourth-order valence-corrected chi connectivity index (χ4v) is 3.93. The van der Waals surface area contributed by atoms with Gasteiger partial charge in [-0.2, -0.15) is 0 Å². The smallest absolute Gasteiger partial charge is 0.0562 e. The molecule has 0 fully saturated rings. The highest BCUT2D eigenvalue weighted by atomic mass is 15.1. The Balaban J connectivity index is 1.86. The van der Waals surface area contributed by atoms with Crippen LogP contribution in [0.15, 0.2) is 103 Å². The van der Waals surface area contributed by atoms with Gasteiger partial charge < -0.3 is 9.47 Å². The molecule has 0 N–H and O–H groups in total. The Morgan fingerprint density at radius 3 is 2.00 bits per heavy atom. The van der Waals surface area contributed by atoms with Crippen molar-refractivity contribution in [2.24, 2.45) is 0 Å². The standard InChI is InChI=1S/C25H20N2/c1-26(19-11-4-2-5-12-19)23-17-10-18-24-25(23)21-15-8-9-16-22(21)27(24)20-13-6-3-7-14-20/h2-18H,1H3. The summed E-state index contributed by atoms with van der Waals surface area (Å²) in [6.07, 6.45) is 0. The van der Waals surface area contributed by atoms with Crippen LogP contribution in [-0.2, 0) is 0 Å². The van der Waals surface area contributed by atoms with Gasteiger partial charge in [-0.3, -0.25) is 0 Å². The van der Waals surface area contributed by atoms with Crippen LogP contribution in [0.25, 0.3) is 27.5 Å². The summed E-state index contributed by atoms with van der Waals surface area (Å²) in [7, 11) is 2.14. The molecule has 5 rings (SSSR count). The Morgan fingerprint density at radius 2 is 1.22 bits per heavy atom. The number of hydrogen-bond donors (Lipinski definition) is 0. The van der Waals surface area contributed by atoms with E-state index in [1.54, 1.807) is 0 Å². The molecule has 27 heavy (non-hydrogen) atoms. The summed E-state index contributed by atoms with van der Waals surface area (Å²) in [5.74, 6) is 0. The Bertz CT molecular complexity index is 1220. The number of aromatic nitrogens is 1. The second-order valence-corrected chi connectivity index (χ2v) is 6.75. The molecule has 1 heterocycles. The molecule has 0 unspecified atom stereocenters. The minimum atomic E-state index is 1.18. The van der Waals surface area contributed by atoms with Crippen LogP contribution in [-0.4, -0.2) is 11.6 Å². The zero-order chi connectivity index (χ0) is 18.2. The number of nitrogens with zero attached hydrogens (tertiary/aromatic N) is 2. The molecule has 0 aliphatic heterocycles. The largest absolute Gasteiger partial charge is 0.344 e. The van der Waals surface area contributed by atoms with Gasteiger partial charge in [-0.15, -0.1) is 0 Å². The fraction of sp³-hybridized carbons (Fsp3) is 0.0400. The Hall–Kier alpha value is -3.52. The molecule has 1 aromatic heterocycles. The van der Waals surface area contributed by atoms with Gasteiger partial charge in [-0.25, -0.2) is 0 Å². The molecule has 2 heteroatoms. The molecule has 0 amide bonds. The van der Waals surface area contributed by atoms with Crippen LogP contribution < -0.4 is 4.90 Å². The second kappa shape index (κ2) is 6.33. The Kier molecular flexibility index (Phi) is 3.68. The Morgan fingerprint density at radius 1 is 0.593 bits per heavy atom. The van der Waals surface area contributed by atoms with Crippen LogP contribution in [0.3, 0.4) is 0 Å². The predicted molar refractivity (Wildman–Crippen MR) is 115 cm³/mol. The van der Waals surface area contributed by atoms with E-state index >= 15 is 0 Å². The number of benzene rings is 4. The maximum absolute atomic E-state index is 2.35. The van der Waals surface area contributed by atoms with Gasteiger partial charge in [0.05, 0.1) is 16.7 Å². The third kappa shape index (κ3) is 2.49. The van der Waals surface area contributed by atoms with Gasteiger partial charge in [0.15, 0.2) is 0 Å². The van der Waals surface area contributed by atoms with Gasteiger partial charge in [0.25, 0.3) is 0 Å². The van der Waals surface area contributed by atoms with Gasteiger partial charge in [0.2, 0.25) is 0 Å². The van der Waals surface area contributed by atoms with Crippen molar-refractivity contribution in [3.8, 4) is 5.69 Å². The van der Waals surface area contributed by atoms with Crippen LogP contribution in [0.2, 0.25) is 0 Å². The molecule has 0 saturated carbocycles. The molecular formula is C25H20N2. The molecule has 0 aliphatic carbocycles. The third-order valence-electron chi connectivity index (χ3n) is 5.19. The maximum atomic E-state index is 2.35. The molecule has 0 atom stereocenters. The van der Waals surface area contributed by atoms with E-state index in [2.05, 4.69) is 120 Å². The molecular weight excluding hydrogens is 328 g/mol. The first kappa shape index (κ1) is 15.7. The van der Waals surface area contributed by atoms with Crippen molar-refractivity contribution in [2.45, 2.75) is 0 Å². The van der Waals surface area contributed by atoms with Crippen molar-refractivity contribution in [3.05, 3.63) is 103 Å². The molecule has 0 saturated heterocycles. The molecule has 2 nitrogen and oxygen atoms in total. The summed E-state index contributed by atoms with van der Waals surface area (Å²) in [4.78, 5) is 2.27. The van der Waals surface area contributed by atoms with Gasteiger partial charge >= 0.3 is 0 Å². The van der Waals surface area contributed by atoms with E-state index in [1.807, 2.05) is 0 Å². The van der Waals surface area contributed by atoms with Gasteiger partial charge in [0.1, 0.15) is 0 Å². The molecule has 0 radical (unpaired) electrons. The summed E-state index contributed by atoms with van der Waals surface area (Å²) in [6.45, 7) is 0. The van der Waals surface area contributed by atoms with Crippen molar-refractivity contribution in [1.29, 1.82) is 0 Å². The molecule has 5 aromatic rings. The zero-order valence-electron chi connectivity index (χ0n) is 15.2. The highest BCUT2D eigenvalue weighted by Crippen LogP contribution is 2.39. The quantitative estimate of drug-likeness (QED) is 0.359. The zero-order valence-corrected chi connectivity index (χ0v) is 15.2. The number of para-hydroxylation sites is 3. The number of rotatable bonds is 3. The average molecular weight is 348 g/mol. The second-order valence-electron chi connectivity index (χ2n) is 6.75. The van der Waals surface area contributed by atoms with Crippen LogP contribution in [0, 0.1) is 0 Å². The van der Waals surface area contributed by atoms with Crippen LogP contribution >= 0.6 is 0 Å². The van der Waals surface area contributed by atoms with Gasteiger partial charge in [-0.1, -0.05) is 60.7 Å². The van der Waals surface area contributed by atoms with E-state index < -0.39 is 0 Å². The van der Waals surface area contributed by atoms with Crippen molar-refractivity contribution < 1.29 is 0 Å². The summed E-state index contributed by atoms with van der Waals surface area (Å²) in [5, 5.41) is 2.55. The van der Waals surface area contributed by atoms with Crippen molar-refractivity contribution >= 4 is 33.2 Å². The van der Waals surface area contributed by atoms with Gasteiger partial charge in [-0.05, 0) is 42.5 Å². The number of anilines is 2. The minimum Gasteiger partial charge on any atom is -0.344 e. The number of fused-ring (bicyclic) bond motifs is 3. The monoisotopic (exact) mass is 348 g/mol. The first-order valence-electron chi connectivity index (χ1n) is 9.21. The fourth-order valence-electron chi connectivity index (χ4n) is 3.93. The summed E-state index contributed by atoms with van der Waals surface area (Å²) < 4.78 is 2.35. The van der Waals surface area contributed by atoms with Crippen molar-refractivity contribution in [1.82, 2.24) is 4.57 Å². The highest BCUT2D eigenvalue weighted by Gasteiger charge is 2.17. The lowest BCUT2D eigenvalue weighted by Crippen LogP contribution is -2.09. The molecule has 130 valence electrons. The van der Waals surface area contributed by atoms with E-state index in [-0.39, 0.29) is 0 Å². The lowest BCUT2D eigenvalue weighted by atomic mass is 10.1. The van der Waals surface area contributed by atoms with E-state index in [9.17, 15) is 0 Å². The van der Waals surface area contributed by atoms with Gasteiger partial charge in [0, 0.05) is 29.2 Å². The number of hydrogen-bond acceptors (Lipinski definition) is 1. The average Bonchev–Trinajstić information content (AvgIpc) is 3.09. The molecule has 0 spiro atoms. The van der Waals surface area contributed by atoms with E-state index in [0.29, 0.717) is 0 Å². The van der Waals surface area contributed by atoms with Crippen molar-refractivity contribution in [3.63, 3.8) is 0 Å². The summed E-state index contributed by atoms with van der Waals surface area (Å²) >= 11 is 0. The SMILES string of the molecule is CN(c1ccccc1)c1cccc2c1c1ccccc1n2-c1ccccc1. The third-order valence-corrected chi connectivity index (χ3v) is 5.19. The van der Waals surface area contributed by atoms with E-state index in [0.717, 1.165) is 0 Å². The Labute approximate surface area is 158 Å². The normalized spacial score (nSPS) is 11.1. The summed E-state index contributed by atoms with van der Waals surface area (Å²) in [6, 6.07) is 36.3. The predicted octanol–water partition coefficient (Wildman–Crippen LogP) is 6.55. The van der Waals surface area contributed by atoms with E-state index in [4.69, 9.17) is 0 Å². The lowest BCUT2D eigenvalue weighted by molar-refractivity contribution is 1.18. The van der Waals surface area contributed by atoms with Crippen LogP contribution in [0.1, 0.15) is 0 Å². The first-order chi connectivity index (χ1) is 13.3. The summed E-state index contributed by atoms with van der Waals surface area (Å²) in [5.41, 5.74) is 6.03. The lowest BCUT2D eigenvalue weighted by Gasteiger charge is -2.21. The van der Waals surface area contributed by atoms with Crippen LogP contribution in [0.5, 0.6) is 0 Å². The maximum Gasteiger partial charge on any atom is 0.0562 e. The van der Waals surface area contributed by atoms with E-state index in [1.165, 1.54) is 38.9 Å². The molecule has 4 aromatic carbocycles. The van der Waals surface area contributed by atoms with Crippen LogP contribution in [0.4, 0.5) is 11.4 Å². The molecule has 0 bridgehead atoms. The molecule has 0 aliphatic rings. The highest BCUT2D eigenvalue weighted by molar-refractivity contribution is 6.15. The first-order valence-corrected chi connectivity index (χ1v) is 9.21.